The molecule has 0 atom stereocenters. The molecule has 17 heavy (non-hydrogen) atoms. The first-order valence-electron chi connectivity index (χ1n) is 6.31. The number of nitrogens with one attached hydrogen (secondary N) is 1. The van der Waals surface area contributed by atoms with E-state index in [1.54, 1.807) is 0 Å². The van der Waals surface area contributed by atoms with Crippen molar-refractivity contribution in [3.8, 4) is 0 Å². The zero-order valence-corrected chi connectivity index (χ0v) is 11.5. The van der Waals surface area contributed by atoms with Crippen molar-refractivity contribution in [2.24, 2.45) is 0 Å². The van der Waals surface area contributed by atoms with Gasteiger partial charge in [0.25, 0.3) is 0 Å². The molecule has 4 heteroatoms. The lowest BCUT2D eigenvalue weighted by Crippen LogP contribution is -2.06. The topological polar surface area (TPSA) is 50.9 Å². The summed E-state index contributed by atoms with van der Waals surface area (Å²) in [5, 5.41) is 3.71. The van der Waals surface area contributed by atoms with E-state index in [9.17, 15) is 0 Å². The maximum atomic E-state index is 5.92. The summed E-state index contributed by atoms with van der Waals surface area (Å²) in [6, 6.07) is 1.94. The smallest absolute Gasteiger partial charge is 0.154 e. The fourth-order valence-electron chi connectivity index (χ4n) is 1.74. The van der Waals surface area contributed by atoms with E-state index in [4.69, 9.17) is 17.3 Å². The van der Waals surface area contributed by atoms with Crippen LogP contribution < -0.4 is 11.1 Å². The lowest BCUT2D eigenvalue weighted by atomic mass is 10.1. The number of rotatable bonds is 7. The fraction of sp³-hybridized carbons (Fsp3) is 0.615. The lowest BCUT2D eigenvalue weighted by Gasteiger charge is -2.10. The van der Waals surface area contributed by atoms with Crippen LogP contribution in [0.2, 0.25) is 5.15 Å². The number of unbranched alkanes of at least 4 members (excludes halogenated alkanes) is 4. The van der Waals surface area contributed by atoms with Crippen molar-refractivity contribution in [2.75, 3.05) is 17.6 Å². The van der Waals surface area contributed by atoms with Crippen LogP contribution in [0.4, 0.5) is 11.4 Å². The van der Waals surface area contributed by atoms with Gasteiger partial charge in [0.05, 0.1) is 11.4 Å². The highest BCUT2D eigenvalue weighted by Gasteiger charge is 2.05. The van der Waals surface area contributed by atoms with Crippen LogP contribution in [0.15, 0.2) is 6.07 Å². The molecule has 1 rings (SSSR count). The number of nitrogen functional groups attached to an aromatic ring is 1. The van der Waals surface area contributed by atoms with Crippen molar-refractivity contribution in [2.45, 2.75) is 46.0 Å². The van der Waals surface area contributed by atoms with Crippen molar-refractivity contribution in [3.63, 3.8) is 0 Å². The Kier molecular flexibility index (Phi) is 6.12. The highest BCUT2D eigenvalue weighted by Crippen LogP contribution is 2.26. The second-order valence-corrected chi connectivity index (χ2v) is 4.71. The van der Waals surface area contributed by atoms with Crippen molar-refractivity contribution in [1.82, 2.24) is 4.98 Å². The highest BCUT2D eigenvalue weighted by atomic mass is 35.5. The number of nitrogens with zero attached hydrogens (tertiary/aromatic N) is 1. The van der Waals surface area contributed by atoms with Crippen LogP contribution in [-0.2, 0) is 0 Å². The van der Waals surface area contributed by atoms with Gasteiger partial charge in [0.1, 0.15) is 0 Å². The van der Waals surface area contributed by atoms with Crippen LogP contribution in [0.1, 0.15) is 44.7 Å². The first-order chi connectivity index (χ1) is 8.15. The Morgan fingerprint density at radius 1 is 1.29 bits per heavy atom. The van der Waals surface area contributed by atoms with Gasteiger partial charge in [0.15, 0.2) is 5.15 Å². The highest BCUT2D eigenvalue weighted by molar-refractivity contribution is 6.32. The van der Waals surface area contributed by atoms with Crippen LogP contribution in [0.25, 0.3) is 0 Å². The van der Waals surface area contributed by atoms with E-state index in [1.165, 1.54) is 32.1 Å². The maximum Gasteiger partial charge on any atom is 0.154 e. The van der Waals surface area contributed by atoms with Gasteiger partial charge in [-0.05, 0) is 19.4 Å². The second-order valence-electron chi connectivity index (χ2n) is 4.36. The van der Waals surface area contributed by atoms with Crippen LogP contribution in [0.5, 0.6) is 0 Å². The molecule has 0 amide bonds. The predicted molar refractivity (Wildman–Crippen MR) is 75.6 cm³/mol. The van der Waals surface area contributed by atoms with Crippen LogP contribution >= 0.6 is 11.6 Å². The van der Waals surface area contributed by atoms with E-state index in [0.29, 0.717) is 10.8 Å². The number of anilines is 2. The molecule has 0 unspecified atom stereocenters. The molecule has 0 saturated carbocycles. The van der Waals surface area contributed by atoms with Crippen molar-refractivity contribution in [1.29, 1.82) is 0 Å². The molecule has 0 aliphatic rings. The van der Waals surface area contributed by atoms with E-state index in [0.717, 1.165) is 17.9 Å². The quantitative estimate of drug-likeness (QED) is 0.572. The monoisotopic (exact) mass is 255 g/mol. The Hall–Kier alpha value is -0.960. The Bertz CT molecular complexity index is 353. The number of hydrogen-bond donors (Lipinski definition) is 2. The summed E-state index contributed by atoms with van der Waals surface area (Å²) in [5.74, 6) is 0. The van der Waals surface area contributed by atoms with Gasteiger partial charge in [-0.2, -0.15) is 0 Å². The van der Waals surface area contributed by atoms with Crippen LogP contribution in [0, 0.1) is 6.92 Å². The Balaban J connectivity index is 2.36. The molecular weight excluding hydrogens is 234 g/mol. The molecule has 0 fully saturated rings. The summed E-state index contributed by atoms with van der Waals surface area (Å²) in [5.41, 5.74) is 8.19. The van der Waals surface area contributed by atoms with E-state index >= 15 is 0 Å². The minimum atomic E-state index is 0.387. The number of aryl methyl sites for hydroxylation is 1. The first-order valence-corrected chi connectivity index (χ1v) is 6.69. The largest absolute Gasteiger partial charge is 0.395 e. The SMILES string of the molecule is CCCCCCCNc1cc(C)nc(Cl)c1N. The predicted octanol–water partition coefficient (Wildman–Crippen LogP) is 4.01. The fourth-order valence-corrected chi connectivity index (χ4v) is 1.98. The summed E-state index contributed by atoms with van der Waals surface area (Å²) in [6.07, 6.45) is 6.34. The third-order valence-corrected chi connectivity index (χ3v) is 3.02. The summed E-state index contributed by atoms with van der Waals surface area (Å²) in [6.45, 7) is 5.08. The van der Waals surface area contributed by atoms with E-state index in [2.05, 4.69) is 17.2 Å². The van der Waals surface area contributed by atoms with Gasteiger partial charge in [-0.15, -0.1) is 0 Å². The molecule has 0 aliphatic carbocycles. The third kappa shape index (κ3) is 4.82. The molecule has 0 aliphatic heterocycles. The molecule has 0 saturated heterocycles. The zero-order valence-electron chi connectivity index (χ0n) is 10.7. The second kappa shape index (κ2) is 7.38. The van der Waals surface area contributed by atoms with Gasteiger partial charge in [-0.3, -0.25) is 0 Å². The molecule has 0 aromatic carbocycles. The number of hydrogen-bond acceptors (Lipinski definition) is 3. The summed E-state index contributed by atoms with van der Waals surface area (Å²) in [4.78, 5) is 4.10. The molecule has 1 aromatic rings. The van der Waals surface area contributed by atoms with Crippen molar-refractivity contribution in [3.05, 3.63) is 16.9 Å². The molecule has 3 N–H and O–H groups in total. The molecule has 96 valence electrons. The van der Waals surface area contributed by atoms with E-state index in [-0.39, 0.29) is 0 Å². The molecule has 0 radical (unpaired) electrons. The third-order valence-electron chi connectivity index (χ3n) is 2.74. The summed E-state index contributed by atoms with van der Waals surface area (Å²) < 4.78 is 0. The molecule has 3 nitrogen and oxygen atoms in total. The normalized spacial score (nSPS) is 10.5. The first kappa shape index (κ1) is 14.1. The van der Waals surface area contributed by atoms with Crippen molar-refractivity contribution < 1.29 is 0 Å². The lowest BCUT2D eigenvalue weighted by molar-refractivity contribution is 0.645. The molecular formula is C13H22ClN3. The Morgan fingerprint density at radius 3 is 2.71 bits per heavy atom. The van der Waals surface area contributed by atoms with Crippen LogP contribution in [-0.4, -0.2) is 11.5 Å². The number of halogens is 1. The minimum absolute atomic E-state index is 0.387. The maximum absolute atomic E-state index is 5.92. The molecule has 1 aromatic heterocycles. The van der Waals surface area contributed by atoms with Gasteiger partial charge in [0.2, 0.25) is 0 Å². The Morgan fingerprint density at radius 2 is 2.00 bits per heavy atom. The van der Waals surface area contributed by atoms with Gasteiger partial charge >= 0.3 is 0 Å². The van der Waals surface area contributed by atoms with Gasteiger partial charge in [-0.25, -0.2) is 4.98 Å². The van der Waals surface area contributed by atoms with Crippen molar-refractivity contribution >= 4 is 23.0 Å². The number of aromatic nitrogens is 1. The van der Waals surface area contributed by atoms with Gasteiger partial charge in [0, 0.05) is 12.2 Å². The zero-order chi connectivity index (χ0) is 12.7. The molecule has 1 heterocycles. The molecule has 0 bridgehead atoms. The van der Waals surface area contributed by atoms with E-state index < -0.39 is 0 Å². The number of nitrogens with two attached hydrogens (primary N) is 1. The summed E-state index contributed by atoms with van der Waals surface area (Å²) in [7, 11) is 0. The molecule has 0 spiro atoms. The summed E-state index contributed by atoms with van der Waals surface area (Å²) >= 11 is 5.92. The van der Waals surface area contributed by atoms with Gasteiger partial charge in [-0.1, -0.05) is 44.2 Å². The standard InChI is InChI=1S/C13H22ClN3/c1-3-4-5-6-7-8-16-11-9-10(2)17-13(14)12(11)15/h9H,3-8,15H2,1-2H3,(H,16,17). The van der Waals surface area contributed by atoms with Gasteiger partial charge < -0.3 is 11.1 Å². The Labute approximate surface area is 109 Å². The average Bonchev–Trinajstić information content (AvgIpc) is 2.29. The number of pyridine rings is 1. The average molecular weight is 256 g/mol. The van der Waals surface area contributed by atoms with E-state index in [1.807, 2.05) is 13.0 Å². The minimum Gasteiger partial charge on any atom is -0.395 e. The van der Waals surface area contributed by atoms with Crippen LogP contribution in [0.3, 0.4) is 0 Å².